The Labute approximate surface area is 247 Å². The van der Waals surface area contributed by atoms with Gasteiger partial charge >= 0.3 is 0 Å². The normalized spacial score (nSPS) is 22.5. The molecule has 1 amide bonds. The van der Waals surface area contributed by atoms with Crippen LogP contribution in [0.4, 0.5) is 11.6 Å². The Morgan fingerprint density at radius 2 is 1.83 bits per heavy atom. The molecular weight excluding hydrogens is 554 g/mol. The van der Waals surface area contributed by atoms with E-state index in [0.717, 1.165) is 32.1 Å². The van der Waals surface area contributed by atoms with Crippen molar-refractivity contribution in [2.45, 2.75) is 82.3 Å². The second kappa shape index (κ2) is 10.6. The number of hydrogen-bond acceptors (Lipinski definition) is 9. The summed E-state index contributed by atoms with van der Waals surface area (Å²) in [5, 5.41) is 4.38. The molecule has 0 spiro atoms. The van der Waals surface area contributed by atoms with E-state index in [1.54, 1.807) is 35.1 Å². The van der Waals surface area contributed by atoms with Gasteiger partial charge in [-0.25, -0.2) is 19.4 Å². The maximum absolute atomic E-state index is 13.7. The van der Waals surface area contributed by atoms with E-state index in [4.69, 9.17) is 9.72 Å². The minimum atomic E-state index is -4.23. The predicted molar refractivity (Wildman–Crippen MR) is 160 cm³/mol. The summed E-state index contributed by atoms with van der Waals surface area (Å²) in [6.45, 7) is 7.88. The van der Waals surface area contributed by atoms with Gasteiger partial charge in [0.05, 0.1) is 12.2 Å². The van der Waals surface area contributed by atoms with Gasteiger partial charge in [-0.3, -0.25) is 4.79 Å². The van der Waals surface area contributed by atoms with Crippen molar-refractivity contribution < 1.29 is 17.9 Å². The van der Waals surface area contributed by atoms with E-state index >= 15 is 0 Å². The molecule has 1 saturated heterocycles. The minimum absolute atomic E-state index is 0.127. The first kappa shape index (κ1) is 28.4. The average molecular weight is 594 g/mol. The molecule has 6 rings (SSSR count). The molecule has 42 heavy (non-hydrogen) atoms. The molecular formula is C30H39N7O4S. The lowest BCUT2D eigenvalue weighted by Crippen LogP contribution is -2.45. The third-order valence-electron chi connectivity index (χ3n) is 8.93. The summed E-state index contributed by atoms with van der Waals surface area (Å²) < 4.78 is 36.4. The molecule has 224 valence electrons. The van der Waals surface area contributed by atoms with Crippen LogP contribution in [0.15, 0.2) is 47.6 Å². The van der Waals surface area contributed by atoms with Crippen molar-refractivity contribution >= 4 is 27.6 Å². The Bertz CT molecular complexity index is 1600. The molecule has 3 aromatic heterocycles. The van der Waals surface area contributed by atoms with Crippen LogP contribution in [0.2, 0.25) is 0 Å². The Morgan fingerprint density at radius 1 is 1.02 bits per heavy atom. The average Bonchev–Trinajstić information content (AvgIpc) is 3.35. The topological polar surface area (TPSA) is 123 Å². The second-order valence-electron chi connectivity index (χ2n) is 12.8. The van der Waals surface area contributed by atoms with Crippen LogP contribution in [0, 0.1) is 5.41 Å². The van der Waals surface area contributed by atoms with Gasteiger partial charge < -0.3 is 14.5 Å². The molecule has 3 aromatic rings. The molecule has 2 bridgehead atoms. The van der Waals surface area contributed by atoms with E-state index in [9.17, 15) is 13.2 Å². The zero-order valence-corrected chi connectivity index (χ0v) is 25.5. The van der Waals surface area contributed by atoms with Crippen molar-refractivity contribution in [3.05, 3.63) is 48.2 Å². The third kappa shape index (κ3) is 5.68. The highest BCUT2D eigenvalue weighted by Crippen LogP contribution is 2.48. The van der Waals surface area contributed by atoms with Crippen molar-refractivity contribution in [2.75, 3.05) is 30.0 Å². The van der Waals surface area contributed by atoms with E-state index in [1.807, 2.05) is 18.0 Å². The van der Waals surface area contributed by atoms with Gasteiger partial charge in [-0.2, -0.15) is 8.42 Å². The molecule has 5 heterocycles. The first-order valence-corrected chi connectivity index (χ1v) is 16.2. The maximum Gasteiger partial charge on any atom is 0.281 e. The third-order valence-corrected chi connectivity index (χ3v) is 10.2. The highest BCUT2D eigenvalue weighted by molar-refractivity contribution is 7.90. The molecule has 2 fully saturated rings. The zero-order valence-electron chi connectivity index (χ0n) is 24.7. The molecule has 1 aliphatic carbocycles. The van der Waals surface area contributed by atoms with Gasteiger partial charge in [0.1, 0.15) is 11.6 Å². The first-order chi connectivity index (χ1) is 19.9. The van der Waals surface area contributed by atoms with Crippen molar-refractivity contribution in [3.63, 3.8) is 0 Å². The molecule has 1 saturated carbocycles. The largest absolute Gasteiger partial charge is 0.477 e. The van der Waals surface area contributed by atoms with Crippen LogP contribution in [-0.2, 0) is 10.0 Å². The van der Waals surface area contributed by atoms with E-state index in [2.05, 4.69) is 40.5 Å². The summed E-state index contributed by atoms with van der Waals surface area (Å²) in [7, 11) is -2.33. The van der Waals surface area contributed by atoms with Crippen LogP contribution in [0.25, 0.3) is 5.82 Å². The van der Waals surface area contributed by atoms with Gasteiger partial charge in [0, 0.05) is 37.4 Å². The van der Waals surface area contributed by atoms with Gasteiger partial charge in [0.25, 0.3) is 15.9 Å². The van der Waals surface area contributed by atoms with Crippen molar-refractivity contribution in [1.29, 1.82) is 0 Å². The maximum atomic E-state index is 13.7. The van der Waals surface area contributed by atoms with Gasteiger partial charge in [0.2, 0.25) is 5.88 Å². The number of carbonyl (C=O) groups excluding carboxylic acids is 1. The molecule has 1 atom stereocenters. The smallest absolute Gasteiger partial charge is 0.281 e. The molecule has 11 nitrogen and oxygen atoms in total. The summed E-state index contributed by atoms with van der Waals surface area (Å²) in [5.41, 5.74) is 0.291. The predicted octanol–water partition coefficient (Wildman–Crippen LogP) is 4.33. The van der Waals surface area contributed by atoms with E-state index in [1.165, 1.54) is 18.9 Å². The van der Waals surface area contributed by atoms with Gasteiger partial charge in [0.15, 0.2) is 10.8 Å². The number of carbonyl (C=O) groups is 1. The number of aromatic nitrogens is 4. The number of hydrogen-bond donors (Lipinski definition) is 1. The summed E-state index contributed by atoms with van der Waals surface area (Å²) in [6.07, 6.45) is 8.88. The van der Waals surface area contributed by atoms with Gasteiger partial charge in [-0.05, 0) is 88.5 Å². The molecule has 2 aliphatic heterocycles. The standard InChI is InChI=1S/C30H39N7O4S/c1-29(2)14-12-21-7-6-18-35(4)23-8-5-9-26(31-23)42(39,40)34-28(38)22-10-11-24(32-27(22)37(21)29)36-19-13-25(33-36)41-20-17-30(3)15-16-30/h5,8-11,13,19,21H,6-7,12,14-18,20H2,1-4H3,(H,34,38)/t21-/m0/s1. The number of nitrogens with one attached hydrogen (secondary N) is 1. The SMILES string of the molecule is CN1CCC[C@H]2CCC(C)(C)N2c2nc(-n3ccc(OCCC4(C)CC4)n3)ccc2C(=O)NS(=O)(=O)c2cccc1n2. The molecule has 0 unspecified atom stereocenters. The number of anilines is 2. The number of fused-ring (bicyclic) bond motifs is 5. The number of nitrogens with zero attached hydrogens (tertiary/aromatic N) is 6. The first-order valence-electron chi connectivity index (χ1n) is 14.7. The molecule has 3 aliphatic rings. The Kier molecular flexibility index (Phi) is 7.15. The highest BCUT2D eigenvalue weighted by Gasteiger charge is 2.42. The molecule has 0 aromatic carbocycles. The Morgan fingerprint density at radius 3 is 2.62 bits per heavy atom. The molecule has 12 heteroatoms. The quantitative estimate of drug-likeness (QED) is 0.461. The number of sulfonamides is 1. The fourth-order valence-electron chi connectivity index (χ4n) is 5.97. The number of pyridine rings is 2. The number of rotatable bonds is 5. The summed E-state index contributed by atoms with van der Waals surface area (Å²) in [4.78, 5) is 27.1. The van der Waals surface area contributed by atoms with Crippen molar-refractivity contribution in [1.82, 2.24) is 24.5 Å². The Balaban J connectivity index is 1.37. The van der Waals surface area contributed by atoms with E-state index < -0.39 is 15.9 Å². The summed E-state index contributed by atoms with van der Waals surface area (Å²) in [5.74, 6) is 1.27. The van der Waals surface area contributed by atoms with Crippen LogP contribution in [0.5, 0.6) is 5.88 Å². The monoisotopic (exact) mass is 593 g/mol. The van der Waals surface area contributed by atoms with Crippen molar-refractivity contribution in [3.8, 4) is 11.7 Å². The minimum Gasteiger partial charge on any atom is -0.477 e. The lowest BCUT2D eigenvalue weighted by atomic mass is 10.0. The van der Waals surface area contributed by atoms with Crippen LogP contribution in [-0.4, -0.2) is 65.9 Å². The van der Waals surface area contributed by atoms with Crippen molar-refractivity contribution in [2.24, 2.45) is 5.41 Å². The lowest BCUT2D eigenvalue weighted by Gasteiger charge is -2.38. The summed E-state index contributed by atoms with van der Waals surface area (Å²) >= 11 is 0. The highest BCUT2D eigenvalue weighted by atomic mass is 32.2. The van der Waals surface area contributed by atoms with Gasteiger partial charge in [-0.1, -0.05) is 13.0 Å². The van der Waals surface area contributed by atoms with E-state index in [0.29, 0.717) is 41.9 Å². The zero-order chi connectivity index (χ0) is 29.7. The fraction of sp³-hybridized carbons (Fsp3) is 0.533. The van der Waals surface area contributed by atoms with Crippen LogP contribution in [0.3, 0.4) is 0 Å². The second-order valence-corrected chi connectivity index (χ2v) is 14.4. The van der Waals surface area contributed by atoms with E-state index in [-0.39, 0.29) is 22.2 Å². The van der Waals surface area contributed by atoms with Crippen LogP contribution in [0.1, 0.15) is 76.1 Å². The number of ether oxygens (including phenoxy) is 1. The lowest BCUT2D eigenvalue weighted by molar-refractivity contribution is 0.0981. The molecule has 1 N–H and O–H groups in total. The number of amides is 1. The van der Waals surface area contributed by atoms with Crippen LogP contribution < -0.4 is 19.3 Å². The van der Waals surface area contributed by atoms with Crippen LogP contribution >= 0.6 is 0 Å². The molecule has 0 radical (unpaired) electrons. The Hall–Kier alpha value is -3.67. The summed E-state index contributed by atoms with van der Waals surface area (Å²) in [6, 6.07) is 10.1. The van der Waals surface area contributed by atoms with Gasteiger partial charge in [-0.15, -0.1) is 5.10 Å². The fourth-order valence-corrected chi connectivity index (χ4v) is 6.90.